The molecule has 134 valence electrons. The van der Waals surface area contributed by atoms with Crippen LogP contribution < -0.4 is 4.74 Å². The molecular weight excluding hydrogens is 398 g/mol. The third kappa shape index (κ3) is 2.96. The number of rotatable bonds is 4. The first-order valence-corrected chi connectivity index (χ1v) is 9.31. The minimum Gasteiger partial charge on any atom is -0.486 e. The van der Waals surface area contributed by atoms with Gasteiger partial charge in [-0.05, 0) is 53.4 Å². The molecule has 0 radical (unpaired) electrons. The van der Waals surface area contributed by atoms with Crippen LogP contribution in [0.3, 0.4) is 0 Å². The summed E-state index contributed by atoms with van der Waals surface area (Å²) in [4.78, 5) is 16.7. The molecule has 0 unspecified atom stereocenters. The molecular formula is C19H18BrN3O3. The largest absolute Gasteiger partial charge is 0.486 e. The second-order valence-electron chi connectivity index (χ2n) is 6.18. The number of hydrogen-bond acceptors (Lipinski definition) is 5. The van der Waals surface area contributed by atoms with E-state index in [4.69, 9.17) is 9.47 Å². The molecule has 3 aromatic rings. The molecule has 2 aromatic heterocycles. The summed E-state index contributed by atoms with van der Waals surface area (Å²) in [5.41, 5.74) is 2.94. The van der Waals surface area contributed by atoms with E-state index in [0.717, 1.165) is 46.9 Å². The van der Waals surface area contributed by atoms with Crippen molar-refractivity contribution in [3.05, 3.63) is 51.9 Å². The van der Waals surface area contributed by atoms with Crippen LogP contribution in [0.25, 0.3) is 10.9 Å². The summed E-state index contributed by atoms with van der Waals surface area (Å²) in [5.74, 6) is 0.309. The summed E-state index contributed by atoms with van der Waals surface area (Å²) >= 11 is 3.57. The van der Waals surface area contributed by atoms with Gasteiger partial charge in [0.1, 0.15) is 23.6 Å². The molecule has 1 aliphatic heterocycles. The third-order valence-corrected chi connectivity index (χ3v) is 5.36. The van der Waals surface area contributed by atoms with Crippen molar-refractivity contribution >= 4 is 32.8 Å². The topological polar surface area (TPSA) is 66.2 Å². The molecule has 6 nitrogen and oxygen atoms in total. The van der Waals surface area contributed by atoms with E-state index in [2.05, 4.69) is 26.0 Å². The van der Waals surface area contributed by atoms with E-state index in [1.165, 1.54) is 7.11 Å². The van der Waals surface area contributed by atoms with Crippen molar-refractivity contribution in [3.8, 4) is 5.75 Å². The fourth-order valence-electron chi connectivity index (χ4n) is 3.33. The van der Waals surface area contributed by atoms with Gasteiger partial charge in [-0.25, -0.2) is 4.79 Å². The first-order valence-electron chi connectivity index (χ1n) is 8.52. The summed E-state index contributed by atoms with van der Waals surface area (Å²) in [7, 11) is 1.39. The molecule has 0 N–H and O–H groups in total. The second kappa shape index (κ2) is 7.07. The summed E-state index contributed by atoms with van der Waals surface area (Å²) in [5, 5.41) is 5.61. The standard InChI is InChI=1S/C19H18BrN3O3/c1-25-19(24)16-13(22-23-10-3-2-6-14(16)23)11-26-15-8-7-12-5-4-9-21-18(12)17(15)20/h4-5,7-9H,2-3,6,10-11H2,1H3. The number of nitrogens with zero attached hydrogens (tertiary/aromatic N) is 3. The van der Waals surface area contributed by atoms with E-state index in [1.54, 1.807) is 6.20 Å². The molecule has 26 heavy (non-hydrogen) atoms. The Morgan fingerprint density at radius 3 is 3.04 bits per heavy atom. The monoisotopic (exact) mass is 415 g/mol. The van der Waals surface area contributed by atoms with E-state index >= 15 is 0 Å². The fraction of sp³-hybridized carbons (Fsp3) is 0.316. The Bertz CT molecular complexity index is 984. The van der Waals surface area contributed by atoms with Crippen LogP contribution in [0.5, 0.6) is 5.75 Å². The molecule has 0 saturated heterocycles. The molecule has 0 bridgehead atoms. The molecule has 3 heterocycles. The lowest BCUT2D eigenvalue weighted by atomic mass is 10.1. The number of methoxy groups -OCH3 is 1. The van der Waals surface area contributed by atoms with Gasteiger partial charge in [0.25, 0.3) is 0 Å². The predicted molar refractivity (Wildman–Crippen MR) is 100 cm³/mol. The Balaban J connectivity index is 1.65. The van der Waals surface area contributed by atoms with E-state index in [0.29, 0.717) is 17.0 Å². The quantitative estimate of drug-likeness (QED) is 0.604. The highest BCUT2D eigenvalue weighted by Crippen LogP contribution is 2.32. The lowest BCUT2D eigenvalue weighted by molar-refractivity contribution is 0.0596. The maximum atomic E-state index is 12.3. The summed E-state index contributed by atoms with van der Waals surface area (Å²) < 4.78 is 13.6. The molecule has 4 rings (SSSR count). The first-order chi connectivity index (χ1) is 12.7. The van der Waals surface area contributed by atoms with Gasteiger partial charge in [-0.1, -0.05) is 6.07 Å². The number of fused-ring (bicyclic) bond motifs is 2. The van der Waals surface area contributed by atoms with Crippen molar-refractivity contribution in [1.29, 1.82) is 0 Å². The van der Waals surface area contributed by atoms with Gasteiger partial charge in [0.15, 0.2) is 0 Å². The van der Waals surface area contributed by atoms with Gasteiger partial charge in [0, 0.05) is 18.1 Å². The lowest BCUT2D eigenvalue weighted by Gasteiger charge is -2.13. The van der Waals surface area contributed by atoms with E-state index in [-0.39, 0.29) is 12.6 Å². The van der Waals surface area contributed by atoms with Crippen LogP contribution in [-0.4, -0.2) is 27.8 Å². The van der Waals surface area contributed by atoms with Crippen molar-refractivity contribution in [2.24, 2.45) is 0 Å². The summed E-state index contributed by atoms with van der Waals surface area (Å²) in [6.07, 6.45) is 4.70. The number of carbonyl (C=O) groups excluding carboxylic acids is 1. The number of aryl methyl sites for hydroxylation is 1. The molecule has 0 aliphatic carbocycles. The van der Waals surface area contributed by atoms with Gasteiger partial charge in [-0.2, -0.15) is 5.10 Å². The van der Waals surface area contributed by atoms with Gasteiger partial charge >= 0.3 is 5.97 Å². The molecule has 1 aromatic carbocycles. The average molecular weight is 416 g/mol. The zero-order chi connectivity index (χ0) is 18.1. The van der Waals surface area contributed by atoms with Crippen LogP contribution in [0.1, 0.15) is 34.6 Å². The minimum absolute atomic E-state index is 0.196. The Hall–Kier alpha value is -2.41. The molecule has 7 heteroatoms. The van der Waals surface area contributed by atoms with Gasteiger partial charge in [-0.3, -0.25) is 9.67 Å². The number of benzene rings is 1. The number of hydrogen-bond donors (Lipinski definition) is 0. The summed E-state index contributed by atoms with van der Waals surface area (Å²) in [6, 6.07) is 7.74. The van der Waals surface area contributed by atoms with Crippen molar-refractivity contribution in [2.75, 3.05) is 7.11 Å². The van der Waals surface area contributed by atoms with Crippen molar-refractivity contribution in [1.82, 2.24) is 14.8 Å². The average Bonchev–Trinajstić information content (AvgIpc) is 3.05. The van der Waals surface area contributed by atoms with Gasteiger partial charge < -0.3 is 9.47 Å². The Morgan fingerprint density at radius 2 is 2.19 bits per heavy atom. The predicted octanol–water partition coefficient (Wildman–Crippen LogP) is 3.90. The molecule has 0 atom stereocenters. The van der Waals surface area contributed by atoms with Crippen molar-refractivity contribution in [2.45, 2.75) is 32.4 Å². The minimum atomic E-state index is -0.356. The number of halogens is 1. The molecule has 0 spiro atoms. The normalized spacial score (nSPS) is 13.5. The summed E-state index contributed by atoms with van der Waals surface area (Å²) in [6.45, 7) is 1.02. The molecule has 0 fully saturated rings. The maximum absolute atomic E-state index is 12.3. The Labute approximate surface area is 159 Å². The second-order valence-corrected chi connectivity index (χ2v) is 6.97. The van der Waals surface area contributed by atoms with E-state index < -0.39 is 0 Å². The number of aromatic nitrogens is 3. The Kier molecular flexibility index (Phi) is 4.63. The highest BCUT2D eigenvalue weighted by Gasteiger charge is 2.26. The Morgan fingerprint density at radius 1 is 1.31 bits per heavy atom. The van der Waals surface area contributed by atoms with Crippen LogP contribution >= 0.6 is 15.9 Å². The van der Waals surface area contributed by atoms with Crippen molar-refractivity contribution in [3.63, 3.8) is 0 Å². The van der Waals surface area contributed by atoms with Gasteiger partial charge in [0.05, 0.1) is 22.8 Å². The lowest BCUT2D eigenvalue weighted by Crippen LogP contribution is -2.14. The first kappa shape index (κ1) is 17.0. The number of pyridine rings is 1. The SMILES string of the molecule is COC(=O)c1c(COc2ccc3cccnc3c2Br)nn2c1CCCC2. The molecule has 0 saturated carbocycles. The highest BCUT2D eigenvalue weighted by atomic mass is 79.9. The zero-order valence-corrected chi connectivity index (χ0v) is 16.0. The third-order valence-electron chi connectivity index (χ3n) is 4.59. The van der Waals surface area contributed by atoms with Crippen molar-refractivity contribution < 1.29 is 14.3 Å². The van der Waals surface area contributed by atoms with Crippen LogP contribution in [0.2, 0.25) is 0 Å². The smallest absolute Gasteiger partial charge is 0.341 e. The fourth-order valence-corrected chi connectivity index (χ4v) is 3.91. The van der Waals surface area contributed by atoms with Crippen LogP contribution in [0, 0.1) is 0 Å². The van der Waals surface area contributed by atoms with E-state index in [1.807, 2.05) is 28.9 Å². The van der Waals surface area contributed by atoms with Gasteiger partial charge in [-0.15, -0.1) is 0 Å². The molecule has 1 aliphatic rings. The van der Waals surface area contributed by atoms with Crippen LogP contribution in [0.15, 0.2) is 34.9 Å². The number of carbonyl (C=O) groups is 1. The maximum Gasteiger partial charge on any atom is 0.341 e. The molecule has 0 amide bonds. The zero-order valence-electron chi connectivity index (χ0n) is 14.4. The van der Waals surface area contributed by atoms with Gasteiger partial charge in [0.2, 0.25) is 0 Å². The highest BCUT2D eigenvalue weighted by molar-refractivity contribution is 9.10. The van der Waals surface area contributed by atoms with Crippen LogP contribution in [-0.2, 0) is 24.3 Å². The van der Waals surface area contributed by atoms with Crippen LogP contribution in [0.4, 0.5) is 0 Å². The van der Waals surface area contributed by atoms with E-state index in [9.17, 15) is 4.79 Å². The number of esters is 1. The number of ether oxygens (including phenoxy) is 2.